The number of nitrogens with zero attached hydrogens (tertiary/aromatic N) is 12. The summed E-state index contributed by atoms with van der Waals surface area (Å²) in [4.78, 5) is 59.4. The van der Waals surface area contributed by atoms with Crippen LogP contribution in [0.5, 0.6) is 0 Å². The van der Waals surface area contributed by atoms with E-state index in [9.17, 15) is 0 Å². The minimum atomic E-state index is 0. The fourth-order valence-electron chi connectivity index (χ4n) is 8.28. The van der Waals surface area contributed by atoms with Gasteiger partial charge in [0.2, 0.25) is 0 Å². The van der Waals surface area contributed by atoms with Gasteiger partial charge in [0.1, 0.15) is 0 Å². The molecule has 0 unspecified atom stereocenters. The van der Waals surface area contributed by atoms with Gasteiger partial charge in [0.15, 0.2) is 0 Å². The second-order valence-corrected chi connectivity index (χ2v) is 13.8. The van der Waals surface area contributed by atoms with Crippen molar-refractivity contribution in [2.75, 3.05) is 0 Å². The first-order valence-electron chi connectivity index (χ1n) is 17.9. The Bertz CT molecular complexity index is 3500. The predicted octanol–water partition coefficient (Wildman–Crippen LogP) is 8.32. The largest absolute Gasteiger partial charge is 2.00 e. The Morgan fingerprint density at radius 2 is 0.684 bits per heavy atom. The molecule has 2 aliphatic rings. The molecule has 0 atom stereocenters. The molecule has 0 fully saturated rings. The Labute approximate surface area is 330 Å². The molecular formula is C44H20CuN12. The van der Waals surface area contributed by atoms with Gasteiger partial charge in [-0.3, -0.25) is 19.9 Å². The molecule has 1 radical (unpaired) electrons. The van der Waals surface area contributed by atoms with E-state index in [0.717, 1.165) is 86.9 Å². The first-order valence-corrected chi connectivity index (χ1v) is 17.9. The molecule has 9 heterocycles. The number of hydrogen-bond acceptors (Lipinski definition) is 10. The zero-order valence-corrected chi connectivity index (χ0v) is 30.2. The van der Waals surface area contributed by atoms with E-state index in [2.05, 4.69) is 44.2 Å². The van der Waals surface area contributed by atoms with Crippen molar-refractivity contribution in [1.29, 1.82) is 0 Å². The number of aromatic nitrogens is 12. The normalized spacial score (nSPS) is 12.1. The van der Waals surface area contributed by atoms with E-state index in [1.54, 1.807) is 24.8 Å². The molecule has 0 spiro atoms. The fourth-order valence-corrected chi connectivity index (χ4v) is 8.28. The number of hydrogen-bond donors (Lipinski definition) is 0. The maximum atomic E-state index is 5.23. The molecule has 0 aliphatic carbocycles. The van der Waals surface area contributed by atoms with Crippen LogP contribution in [0.1, 0.15) is 0 Å². The third kappa shape index (κ3) is 4.49. The van der Waals surface area contributed by atoms with Crippen LogP contribution in [0.3, 0.4) is 0 Å². The van der Waals surface area contributed by atoms with Crippen LogP contribution in [0.4, 0.5) is 0 Å². The Kier molecular flexibility index (Phi) is 6.51. The molecule has 2 aliphatic heterocycles. The van der Waals surface area contributed by atoms with Crippen molar-refractivity contribution >= 4 is 87.2 Å². The first-order chi connectivity index (χ1) is 27.7. The molecule has 267 valence electrons. The van der Waals surface area contributed by atoms with E-state index >= 15 is 0 Å². The van der Waals surface area contributed by atoms with Crippen LogP contribution in [-0.4, -0.2) is 49.8 Å². The third-order valence-corrected chi connectivity index (χ3v) is 10.8. The van der Waals surface area contributed by atoms with Crippen LogP contribution >= 0.6 is 0 Å². The topological polar surface area (TPSA) is 157 Å². The molecule has 0 N–H and O–H groups in total. The quantitative estimate of drug-likeness (QED) is 0.136. The monoisotopic (exact) mass is 779 g/mol. The van der Waals surface area contributed by atoms with Gasteiger partial charge >= 0.3 is 17.1 Å². The van der Waals surface area contributed by atoms with Crippen LogP contribution in [0.2, 0.25) is 0 Å². The van der Waals surface area contributed by atoms with Gasteiger partial charge in [-0.05, 0) is 56.6 Å². The summed E-state index contributed by atoms with van der Waals surface area (Å²) >= 11 is 0. The smallest absolute Gasteiger partial charge is 0.357 e. The average molecular weight is 780 g/mol. The predicted molar refractivity (Wildman–Crippen MR) is 215 cm³/mol. The Morgan fingerprint density at radius 3 is 1.12 bits per heavy atom. The fraction of sp³-hybridized carbons (Fsp3) is 0. The molecule has 13 rings (SSSR count). The molecule has 57 heavy (non-hydrogen) atoms. The first kappa shape index (κ1) is 31.7. The van der Waals surface area contributed by atoms with Crippen molar-refractivity contribution in [3.63, 3.8) is 0 Å². The minimum Gasteiger partial charge on any atom is -0.357 e. The number of benzene rings is 4. The van der Waals surface area contributed by atoms with Gasteiger partial charge < -0.3 is 29.9 Å². The van der Waals surface area contributed by atoms with Gasteiger partial charge in [0.25, 0.3) is 0 Å². The average Bonchev–Trinajstić information content (AvgIpc) is 3.99. The van der Waals surface area contributed by atoms with Crippen molar-refractivity contribution in [1.82, 2.24) is 59.8 Å². The van der Waals surface area contributed by atoms with E-state index in [0.29, 0.717) is 45.9 Å². The maximum Gasteiger partial charge on any atom is 2.00 e. The molecule has 0 saturated carbocycles. The number of rotatable bonds is 0. The summed E-state index contributed by atoms with van der Waals surface area (Å²) in [5.41, 5.74) is 5.12. The zero-order chi connectivity index (χ0) is 36.5. The minimum absolute atomic E-state index is 0. The molecule has 7 aromatic heterocycles. The van der Waals surface area contributed by atoms with Gasteiger partial charge in [-0.25, -0.2) is 9.97 Å². The molecule has 0 saturated heterocycles. The molecule has 0 amide bonds. The molecule has 4 aromatic carbocycles. The molecule has 12 nitrogen and oxygen atoms in total. The van der Waals surface area contributed by atoms with E-state index in [1.807, 2.05) is 73.3 Å². The molecule has 8 bridgehead atoms. The van der Waals surface area contributed by atoms with Crippen LogP contribution in [-0.2, 0) is 17.1 Å². The zero-order valence-electron chi connectivity index (χ0n) is 29.2. The summed E-state index contributed by atoms with van der Waals surface area (Å²) in [5.74, 6) is 1.87. The van der Waals surface area contributed by atoms with E-state index in [1.165, 1.54) is 0 Å². The number of fused-ring (bicyclic) bond motifs is 28. The Hall–Kier alpha value is -7.60. The molecule has 13 heteroatoms. The van der Waals surface area contributed by atoms with Crippen LogP contribution in [0, 0.1) is 0 Å². The summed E-state index contributed by atoms with van der Waals surface area (Å²) in [6, 6.07) is 24.3. The number of pyridine rings is 4. The summed E-state index contributed by atoms with van der Waals surface area (Å²) in [6.45, 7) is 0. The van der Waals surface area contributed by atoms with Gasteiger partial charge in [-0.15, -0.1) is 0 Å². The second-order valence-electron chi connectivity index (χ2n) is 13.8. The van der Waals surface area contributed by atoms with Crippen molar-refractivity contribution < 1.29 is 17.1 Å². The van der Waals surface area contributed by atoms with Gasteiger partial charge in [-0.2, -0.15) is 0 Å². The van der Waals surface area contributed by atoms with Gasteiger partial charge in [0, 0.05) is 127 Å². The Balaban J connectivity index is 0.00000356. The summed E-state index contributed by atoms with van der Waals surface area (Å²) in [7, 11) is 0. The van der Waals surface area contributed by atoms with Crippen LogP contribution < -0.4 is 9.97 Å². The van der Waals surface area contributed by atoms with Crippen molar-refractivity contribution in [3.05, 3.63) is 122 Å². The standard InChI is InChI=1S/C44H20N12.Cu/c1-5-25-33(29-17-45-13-9-21(1)29)41-49-37(25)53-42-34-26(6-2-22-10-14-46-18-30(22)34)39(50-42)55-44-36-28(8-4-24-12-16-48-20-32(24)36)40(52-44)56-43-35-27(38(51-43)54-41)7-3-23-11-15-47-19-31(23)35;/h1-20H;/q-2;+2. The summed E-state index contributed by atoms with van der Waals surface area (Å²) in [6.07, 6.45) is 14.5. The van der Waals surface area contributed by atoms with E-state index in [4.69, 9.17) is 39.9 Å². The SMILES string of the molecule is [Cu+2].c1cc2ccc3c(c2cn1)-c1nc-3nc2[n-]c(nc3nc(nc4[n-]c(n1)c1ccc5ccncc5c41)-c1ccc4ccncc4c1-3)c1ccc3ccncc3c21. The van der Waals surface area contributed by atoms with E-state index in [-0.39, 0.29) is 17.1 Å². The van der Waals surface area contributed by atoms with Crippen LogP contribution in [0.15, 0.2) is 122 Å². The second kappa shape index (κ2) is 11.7. The van der Waals surface area contributed by atoms with E-state index < -0.39 is 0 Å². The van der Waals surface area contributed by atoms with Gasteiger partial charge in [-0.1, -0.05) is 48.5 Å². The van der Waals surface area contributed by atoms with Crippen LogP contribution in [0.25, 0.3) is 133 Å². The van der Waals surface area contributed by atoms with Crippen molar-refractivity contribution in [2.45, 2.75) is 0 Å². The van der Waals surface area contributed by atoms with Crippen molar-refractivity contribution in [3.8, 4) is 45.6 Å². The van der Waals surface area contributed by atoms with Gasteiger partial charge in [0.05, 0.1) is 23.3 Å². The Morgan fingerprint density at radius 1 is 0.316 bits per heavy atom. The van der Waals surface area contributed by atoms with Crippen molar-refractivity contribution in [2.24, 2.45) is 0 Å². The third-order valence-electron chi connectivity index (χ3n) is 10.8. The summed E-state index contributed by atoms with van der Waals surface area (Å²) < 4.78 is 0. The summed E-state index contributed by atoms with van der Waals surface area (Å²) in [5, 5.41) is 10.9. The maximum absolute atomic E-state index is 5.23. The molecular weight excluding hydrogens is 760 g/mol. The molecule has 11 aromatic rings.